The first-order chi connectivity index (χ1) is 9.31. The molecule has 0 amide bonds. The van der Waals surface area contributed by atoms with Crippen LogP contribution in [-0.2, 0) is 4.84 Å². The third-order valence-corrected chi connectivity index (χ3v) is 2.78. The number of hydrogen-bond donors (Lipinski definition) is 0. The molecule has 0 aliphatic rings. The third-order valence-electron chi connectivity index (χ3n) is 2.78. The van der Waals surface area contributed by atoms with Gasteiger partial charge in [0.15, 0.2) is 0 Å². The Morgan fingerprint density at radius 2 is 1.68 bits per heavy atom. The highest BCUT2D eigenvalue weighted by Gasteiger charge is 2.08. The lowest BCUT2D eigenvalue weighted by Crippen LogP contribution is -2.14. The van der Waals surface area contributed by atoms with E-state index in [1.807, 2.05) is 61.5 Å². The topological polar surface area (TPSA) is 30.8 Å². The monoisotopic (exact) mass is 255 g/mol. The van der Waals surface area contributed by atoms with Gasteiger partial charge in [0.25, 0.3) is 0 Å². The molecule has 0 aromatic heterocycles. The van der Waals surface area contributed by atoms with Gasteiger partial charge in [0.2, 0.25) is 0 Å². The first-order valence-electron chi connectivity index (χ1n) is 6.15. The Labute approximate surface area is 113 Å². The SMILES string of the molecule is CO/N=C(\COc1ccccc1)c1ccccc1C. The van der Waals surface area contributed by atoms with E-state index in [0.717, 1.165) is 22.6 Å². The molecule has 3 nitrogen and oxygen atoms in total. The molecule has 2 rings (SSSR count). The molecule has 2 aromatic rings. The van der Waals surface area contributed by atoms with Crippen LogP contribution in [0.25, 0.3) is 0 Å². The maximum atomic E-state index is 5.72. The summed E-state index contributed by atoms with van der Waals surface area (Å²) in [5, 5.41) is 4.06. The van der Waals surface area contributed by atoms with Crippen molar-refractivity contribution >= 4 is 5.71 Å². The van der Waals surface area contributed by atoms with Crippen LogP contribution in [0.2, 0.25) is 0 Å². The second kappa shape index (κ2) is 6.59. The fourth-order valence-corrected chi connectivity index (χ4v) is 1.83. The zero-order chi connectivity index (χ0) is 13.5. The predicted octanol–water partition coefficient (Wildman–Crippen LogP) is 3.42. The van der Waals surface area contributed by atoms with Gasteiger partial charge in [-0.25, -0.2) is 0 Å². The van der Waals surface area contributed by atoms with Crippen LogP contribution in [0.5, 0.6) is 5.75 Å². The summed E-state index contributed by atoms with van der Waals surface area (Å²) in [5.41, 5.74) is 2.97. The Morgan fingerprint density at radius 1 is 1.00 bits per heavy atom. The number of benzene rings is 2. The smallest absolute Gasteiger partial charge is 0.134 e. The van der Waals surface area contributed by atoms with E-state index < -0.39 is 0 Å². The van der Waals surface area contributed by atoms with Gasteiger partial charge in [0.1, 0.15) is 25.2 Å². The minimum absolute atomic E-state index is 0.378. The minimum Gasteiger partial charge on any atom is -0.487 e. The number of nitrogens with zero attached hydrogens (tertiary/aromatic N) is 1. The molecule has 0 N–H and O–H groups in total. The molecule has 0 saturated carbocycles. The Kier molecular flexibility index (Phi) is 4.56. The Balaban J connectivity index is 2.14. The van der Waals surface area contributed by atoms with Crippen LogP contribution < -0.4 is 4.74 Å². The van der Waals surface area contributed by atoms with Gasteiger partial charge in [0.05, 0.1) is 0 Å². The van der Waals surface area contributed by atoms with Gasteiger partial charge >= 0.3 is 0 Å². The van der Waals surface area contributed by atoms with Crippen LogP contribution >= 0.6 is 0 Å². The predicted molar refractivity (Wildman–Crippen MR) is 76.7 cm³/mol. The van der Waals surface area contributed by atoms with E-state index in [4.69, 9.17) is 9.57 Å². The molecule has 0 atom stereocenters. The van der Waals surface area contributed by atoms with E-state index >= 15 is 0 Å². The second-order valence-electron chi connectivity index (χ2n) is 4.14. The highest BCUT2D eigenvalue weighted by molar-refractivity contribution is 6.02. The molecule has 0 bridgehead atoms. The van der Waals surface area contributed by atoms with Crippen molar-refractivity contribution in [2.75, 3.05) is 13.7 Å². The van der Waals surface area contributed by atoms with Crippen molar-refractivity contribution in [3.63, 3.8) is 0 Å². The normalized spacial score (nSPS) is 11.2. The summed E-state index contributed by atoms with van der Waals surface area (Å²) in [4.78, 5) is 4.91. The van der Waals surface area contributed by atoms with Gasteiger partial charge in [-0.15, -0.1) is 0 Å². The summed E-state index contributed by atoms with van der Waals surface area (Å²) in [5.74, 6) is 0.819. The van der Waals surface area contributed by atoms with Crippen LogP contribution in [-0.4, -0.2) is 19.4 Å². The molecule has 19 heavy (non-hydrogen) atoms. The largest absolute Gasteiger partial charge is 0.487 e. The summed E-state index contributed by atoms with van der Waals surface area (Å²) in [7, 11) is 1.54. The summed E-state index contributed by atoms with van der Waals surface area (Å²) < 4.78 is 5.72. The van der Waals surface area contributed by atoms with Gasteiger partial charge in [-0.2, -0.15) is 0 Å². The van der Waals surface area contributed by atoms with Crippen LogP contribution in [0.1, 0.15) is 11.1 Å². The fraction of sp³-hybridized carbons (Fsp3) is 0.188. The molecule has 0 heterocycles. The van der Waals surface area contributed by atoms with Crippen molar-refractivity contribution in [2.45, 2.75) is 6.92 Å². The van der Waals surface area contributed by atoms with E-state index in [1.165, 1.54) is 0 Å². The molecule has 0 radical (unpaired) electrons. The Hall–Kier alpha value is -2.29. The molecular weight excluding hydrogens is 238 g/mol. The van der Waals surface area contributed by atoms with Gasteiger partial charge in [0, 0.05) is 5.56 Å². The third kappa shape index (κ3) is 3.58. The summed E-state index contributed by atoms with van der Waals surface area (Å²) in [6.07, 6.45) is 0. The first-order valence-corrected chi connectivity index (χ1v) is 6.15. The highest BCUT2D eigenvalue weighted by atomic mass is 16.6. The van der Waals surface area contributed by atoms with Crippen molar-refractivity contribution in [3.8, 4) is 5.75 Å². The summed E-state index contributed by atoms with van der Waals surface area (Å²) in [6, 6.07) is 17.7. The lowest BCUT2D eigenvalue weighted by Gasteiger charge is -2.10. The number of oxime groups is 1. The Bertz CT molecular complexity index is 550. The molecule has 0 saturated heterocycles. The van der Waals surface area contributed by atoms with E-state index in [-0.39, 0.29) is 0 Å². The minimum atomic E-state index is 0.378. The zero-order valence-electron chi connectivity index (χ0n) is 11.2. The van der Waals surface area contributed by atoms with Crippen LogP contribution in [0.4, 0.5) is 0 Å². The van der Waals surface area contributed by atoms with Crippen molar-refractivity contribution < 1.29 is 9.57 Å². The average Bonchev–Trinajstić information content (AvgIpc) is 2.45. The van der Waals surface area contributed by atoms with E-state index in [0.29, 0.717) is 6.61 Å². The lowest BCUT2D eigenvalue weighted by molar-refractivity contribution is 0.210. The number of aryl methyl sites for hydroxylation is 1. The van der Waals surface area contributed by atoms with E-state index in [1.54, 1.807) is 7.11 Å². The van der Waals surface area contributed by atoms with Crippen molar-refractivity contribution in [3.05, 3.63) is 65.7 Å². The molecule has 0 aliphatic carbocycles. The van der Waals surface area contributed by atoms with Crippen molar-refractivity contribution in [1.29, 1.82) is 0 Å². The molecule has 0 spiro atoms. The number of para-hydroxylation sites is 1. The molecule has 0 fully saturated rings. The first kappa shape index (κ1) is 13.1. The number of rotatable bonds is 5. The maximum Gasteiger partial charge on any atom is 0.134 e. The Morgan fingerprint density at radius 3 is 2.37 bits per heavy atom. The van der Waals surface area contributed by atoms with Crippen molar-refractivity contribution in [2.24, 2.45) is 5.16 Å². The second-order valence-corrected chi connectivity index (χ2v) is 4.14. The molecule has 2 aromatic carbocycles. The number of ether oxygens (including phenoxy) is 1. The van der Waals surface area contributed by atoms with Gasteiger partial charge in [-0.05, 0) is 24.6 Å². The van der Waals surface area contributed by atoms with Gasteiger partial charge in [-0.1, -0.05) is 47.6 Å². The quantitative estimate of drug-likeness (QED) is 0.605. The molecule has 3 heteroatoms. The lowest BCUT2D eigenvalue weighted by atomic mass is 10.1. The summed E-state index contributed by atoms with van der Waals surface area (Å²) >= 11 is 0. The van der Waals surface area contributed by atoms with E-state index in [9.17, 15) is 0 Å². The van der Waals surface area contributed by atoms with Crippen LogP contribution in [0, 0.1) is 6.92 Å². The van der Waals surface area contributed by atoms with E-state index in [2.05, 4.69) is 5.16 Å². The standard InChI is InChI=1S/C16H17NO2/c1-13-8-6-7-11-15(13)16(17-18-2)12-19-14-9-4-3-5-10-14/h3-11H,12H2,1-2H3/b17-16+. The van der Waals surface area contributed by atoms with Gasteiger partial charge in [-0.3, -0.25) is 0 Å². The average molecular weight is 255 g/mol. The maximum absolute atomic E-state index is 5.72. The van der Waals surface area contributed by atoms with Crippen molar-refractivity contribution in [1.82, 2.24) is 0 Å². The van der Waals surface area contributed by atoms with Crippen LogP contribution in [0.3, 0.4) is 0 Å². The molecule has 0 unspecified atom stereocenters. The highest BCUT2D eigenvalue weighted by Crippen LogP contribution is 2.12. The van der Waals surface area contributed by atoms with Crippen LogP contribution in [0.15, 0.2) is 59.8 Å². The number of hydrogen-bond acceptors (Lipinski definition) is 3. The molecule has 0 aliphatic heterocycles. The molecular formula is C16H17NO2. The zero-order valence-corrected chi connectivity index (χ0v) is 11.2. The fourth-order valence-electron chi connectivity index (χ4n) is 1.83. The molecule has 98 valence electrons. The summed E-state index contributed by atoms with van der Waals surface area (Å²) in [6.45, 7) is 2.42. The van der Waals surface area contributed by atoms with Gasteiger partial charge < -0.3 is 9.57 Å².